The van der Waals surface area contributed by atoms with Gasteiger partial charge in [-0.2, -0.15) is 0 Å². The van der Waals surface area contributed by atoms with Crippen LogP contribution in [0.2, 0.25) is 0 Å². The van der Waals surface area contributed by atoms with Gasteiger partial charge in [0.1, 0.15) is 12.2 Å². The summed E-state index contributed by atoms with van der Waals surface area (Å²) in [6, 6.07) is 12.3. The molecule has 0 N–H and O–H groups in total. The van der Waals surface area contributed by atoms with Crippen molar-refractivity contribution < 1.29 is 9.47 Å². The third-order valence-electron chi connectivity index (χ3n) is 4.63. The van der Waals surface area contributed by atoms with Crippen molar-refractivity contribution in [3.8, 4) is 11.1 Å². The highest BCUT2D eigenvalue weighted by Crippen LogP contribution is 2.49. The summed E-state index contributed by atoms with van der Waals surface area (Å²) in [6.07, 6.45) is 3.36. The number of methoxy groups -OCH3 is 2. The predicted octanol–water partition coefficient (Wildman–Crippen LogP) is 5.92. The van der Waals surface area contributed by atoms with Crippen LogP contribution in [0.15, 0.2) is 46.5 Å². The third-order valence-corrected chi connectivity index (χ3v) is 5.25. The molecule has 0 fully saturated rings. The summed E-state index contributed by atoms with van der Waals surface area (Å²) < 4.78 is 11.4. The van der Waals surface area contributed by atoms with Crippen molar-refractivity contribution in [2.75, 3.05) is 14.2 Å². The van der Waals surface area contributed by atoms with E-state index >= 15 is 0 Å². The summed E-state index contributed by atoms with van der Waals surface area (Å²) in [5, 5.41) is 1.33. The quantitative estimate of drug-likeness (QED) is 0.663. The lowest BCUT2D eigenvalue weighted by atomic mass is 9.88. The van der Waals surface area contributed by atoms with Crippen LogP contribution in [0.4, 0.5) is 0 Å². The molecular weight excluding hydrogens is 343 g/mol. The van der Waals surface area contributed by atoms with Gasteiger partial charge in [0.05, 0.1) is 10.1 Å². The van der Waals surface area contributed by atoms with Crippen LogP contribution in [-0.4, -0.2) is 14.2 Å². The van der Waals surface area contributed by atoms with E-state index in [4.69, 9.17) is 32.7 Å². The Morgan fingerprint density at radius 1 is 0.708 bits per heavy atom. The molecule has 2 aromatic rings. The summed E-state index contributed by atoms with van der Waals surface area (Å²) in [5.74, 6) is 0. The number of halogens is 2. The van der Waals surface area contributed by atoms with Gasteiger partial charge in [0.15, 0.2) is 0 Å². The van der Waals surface area contributed by atoms with Gasteiger partial charge in [0, 0.05) is 14.2 Å². The first kappa shape index (κ1) is 15.9. The lowest BCUT2D eigenvalue weighted by Gasteiger charge is -2.20. The van der Waals surface area contributed by atoms with Crippen molar-refractivity contribution in [2.45, 2.75) is 12.2 Å². The topological polar surface area (TPSA) is 18.5 Å². The van der Waals surface area contributed by atoms with Crippen LogP contribution in [0.1, 0.15) is 34.5 Å². The Labute approximate surface area is 151 Å². The fraction of sp³-hybridized carbons (Fsp3) is 0.200. The molecular formula is C20H16Cl2O2. The molecule has 2 aliphatic rings. The van der Waals surface area contributed by atoms with E-state index in [9.17, 15) is 0 Å². The molecule has 122 valence electrons. The first-order valence-corrected chi connectivity index (χ1v) is 8.47. The molecule has 24 heavy (non-hydrogen) atoms. The summed E-state index contributed by atoms with van der Waals surface area (Å²) in [6.45, 7) is 0. The van der Waals surface area contributed by atoms with Gasteiger partial charge in [0.25, 0.3) is 0 Å². The van der Waals surface area contributed by atoms with Crippen LogP contribution in [0.3, 0.4) is 0 Å². The minimum atomic E-state index is -0.298. The van der Waals surface area contributed by atoms with Gasteiger partial charge in [0.2, 0.25) is 0 Å². The number of hydrogen-bond acceptors (Lipinski definition) is 2. The molecule has 0 radical (unpaired) electrons. The van der Waals surface area contributed by atoms with Crippen molar-refractivity contribution in [2.24, 2.45) is 0 Å². The fourth-order valence-electron chi connectivity index (χ4n) is 3.66. The van der Waals surface area contributed by atoms with E-state index in [0.717, 1.165) is 33.4 Å². The zero-order valence-corrected chi connectivity index (χ0v) is 14.9. The average molecular weight is 359 g/mol. The first-order valence-electron chi connectivity index (χ1n) is 7.71. The number of rotatable bonds is 2. The van der Waals surface area contributed by atoms with Gasteiger partial charge in [-0.25, -0.2) is 0 Å². The summed E-state index contributed by atoms with van der Waals surface area (Å²) in [5.41, 5.74) is 6.40. The van der Waals surface area contributed by atoms with Gasteiger partial charge in [-0.05, 0) is 45.5 Å². The molecule has 4 heteroatoms. The normalized spacial score (nSPS) is 21.3. The van der Waals surface area contributed by atoms with Crippen molar-refractivity contribution >= 4 is 35.4 Å². The average Bonchev–Trinajstić information content (AvgIpc) is 2.77. The minimum absolute atomic E-state index is 0.298. The minimum Gasteiger partial charge on any atom is -0.371 e. The highest BCUT2D eigenvalue weighted by molar-refractivity contribution is 6.33. The van der Waals surface area contributed by atoms with E-state index in [1.165, 1.54) is 0 Å². The van der Waals surface area contributed by atoms with E-state index in [0.29, 0.717) is 10.1 Å². The molecule has 2 aromatic carbocycles. The molecule has 0 unspecified atom stereocenters. The zero-order valence-electron chi connectivity index (χ0n) is 13.3. The Bertz CT molecular complexity index is 810. The Hall–Kier alpha value is -1.58. The van der Waals surface area contributed by atoms with Crippen molar-refractivity contribution in [1.82, 2.24) is 0 Å². The van der Waals surface area contributed by atoms with Crippen LogP contribution in [0, 0.1) is 0 Å². The first-order chi connectivity index (χ1) is 11.7. The molecule has 2 nitrogen and oxygen atoms in total. The molecule has 0 amide bonds. The highest BCUT2D eigenvalue weighted by Gasteiger charge is 2.31. The molecule has 0 aromatic heterocycles. The standard InChI is InChI=1S/C20H16Cl2O2/c1-23-19-13-7-3-5-12-10-16(22)20(24-2)14-8-4-6-11(9-15(19)21)18(14)17(12)13/h3-10,19-20H,1-2H3/t19-,20+. The van der Waals surface area contributed by atoms with Gasteiger partial charge in [-0.15, -0.1) is 0 Å². The van der Waals surface area contributed by atoms with Crippen LogP contribution in [0.25, 0.3) is 23.3 Å². The molecule has 4 rings (SSSR count). The molecule has 2 aliphatic carbocycles. The fourth-order valence-corrected chi connectivity index (χ4v) is 4.31. The van der Waals surface area contributed by atoms with Crippen LogP contribution < -0.4 is 0 Å². The van der Waals surface area contributed by atoms with Crippen molar-refractivity contribution in [3.05, 3.63) is 68.7 Å². The van der Waals surface area contributed by atoms with Gasteiger partial charge >= 0.3 is 0 Å². The Balaban J connectivity index is 2.18. The second-order valence-electron chi connectivity index (χ2n) is 5.91. The Kier molecular flexibility index (Phi) is 4.01. The number of ether oxygens (including phenoxy) is 2. The molecule has 2 atom stereocenters. The summed E-state index contributed by atoms with van der Waals surface area (Å²) in [7, 11) is 3.35. The molecule has 0 spiro atoms. The van der Waals surface area contributed by atoms with Crippen molar-refractivity contribution in [1.29, 1.82) is 0 Å². The lowest BCUT2D eigenvalue weighted by Crippen LogP contribution is -2.05. The lowest BCUT2D eigenvalue weighted by molar-refractivity contribution is 0.139. The Morgan fingerprint density at radius 3 is 1.50 bits per heavy atom. The predicted molar refractivity (Wildman–Crippen MR) is 99.0 cm³/mol. The molecule has 0 saturated heterocycles. The van der Waals surface area contributed by atoms with Gasteiger partial charge in [-0.1, -0.05) is 59.6 Å². The van der Waals surface area contributed by atoms with E-state index in [1.54, 1.807) is 14.2 Å². The van der Waals surface area contributed by atoms with Crippen LogP contribution in [0.5, 0.6) is 0 Å². The summed E-state index contributed by atoms with van der Waals surface area (Å²) in [4.78, 5) is 0. The van der Waals surface area contributed by atoms with Gasteiger partial charge < -0.3 is 9.47 Å². The number of hydrogen-bond donors (Lipinski definition) is 0. The SMILES string of the molecule is CO[C@@H]1C(Cl)=Cc2cccc3c2-c2c(cccc21)C=C(Cl)[C@@H]3OC. The molecule has 0 heterocycles. The maximum atomic E-state index is 6.57. The second-order valence-corrected chi connectivity index (χ2v) is 6.79. The second kappa shape index (κ2) is 6.05. The van der Waals surface area contributed by atoms with Crippen LogP contribution >= 0.6 is 23.2 Å². The smallest absolute Gasteiger partial charge is 0.118 e. The molecule has 0 saturated carbocycles. The maximum Gasteiger partial charge on any atom is 0.118 e. The van der Waals surface area contributed by atoms with Gasteiger partial charge in [-0.3, -0.25) is 0 Å². The monoisotopic (exact) mass is 358 g/mol. The van der Waals surface area contributed by atoms with E-state index < -0.39 is 0 Å². The Morgan fingerprint density at radius 2 is 1.12 bits per heavy atom. The van der Waals surface area contributed by atoms with Crippen LogP contribution in [-0.2, 0) is 9.47 Å². The zero-order chi connectivity index (χ0) is 16.8. The molecule has 0 bridgehead atoms. The van der Waals surface area contributed by atoms with E-state index in [1.807, 2.05) is 24.3 Å². The van der Waals surface area contributed by atoms with E-state index in [-0.39, 0.29) is 12.2 Å². The highest BCUT2D eigenvalue weighted by atomic mass is 35.5. The third kappa shape index (κ3) is 2.26. The van der Waals surface area contributed by atoms with E-state index in [2.05, 4.69) is 24.3 Å². The number of benzene rings is 2. The molecule has 0 aliphatic heterocycles. The maximum absolute atomic E-state index is 6.57. The summed E-state index contributed by atoms with van der Waals surface area (Å²) >= 11 is 13.1. The van der Waals surface area contributed by atoms with Crippen molar-refractivity contribution in [3.63, 3.8) is 0 Å². The largest absolute Gasteiger partial charge is 0.371 e.